The van der Waals surface area contributed by atoms with Gasteiger partial charge in [0.1, 0.15) is 16.9 Å². The van der Waals surface area contributed by atoms with Crippen LogP contribution < -0.4 is 11.1 Å². The lowest BCUT2D eigenvalue weighted by Crippen LogP contribution is -2.50. The van der Waals surface area contributed by atoms with Gasteiger partial charge in [0.15, 0.2) is 5.69 Å². The van der Waals surface area contributed by atoms with Gasteiger partial charge in [-0.1, -0.05) is 102 Å². The van der Waals surface area contributed by atoms with Gasteiger partial charge >= 0.3 is 18.2 Å². The van der Waals surface area contributed by atoms with E-state index in [4.69, 9.17) is 71.5 Å². The Morgan fingerprint density at radius 1 is 0.570 bits per heavy atom. The number of ether oxygens (including phenoxy) is 3. The molecule has 4 N–H and O–H groups in total. The quantitative estimate of drug-likeness (QED) is 0.136. The number of halogens is 4. The summed E-state index contributed by atoms with van der Waals surface area (Å²) in [5, 5.41) is 14.6. The Labute approximate surface area is 483 Å². The first kappa shape index (κ1) is 63.4. The summed E-state index contributed by atoms with van der Waals surface area (Å²) in [5.41, 5.74) is 10.2. The zero-order chi connectivity index (χ0) is 56.6. The first-order valence-electron chi connectivity index (χ1n) is 25.6. The summed E-state index contributed by atoms with van der Waals surface area (Å²) in [6, 6.07) is 28.5. The second kappa shape index (κ2) is 29.7. The van der Waals surface area contributed by atoms with E-state index in [1.807, 2.05) is 77.9 Å². The van der Waals surface area contributed by atoms with E-state index in [-0.39, 0.29) is 49.0 Å². The topological polar surface area (TPSA) is 212 Å². The normalized spacial score (nSPS) is 16.0. The predicted molar refractivity (Wildman–Crippen MR) is 313 cm³/mol. The second-order valence-electron chi connectivity index (χ2n) is 20.6. The highest BCUT2D eigenvalue weighted by Crippen LogP contribution is 2.32. The molecule has 5 heterocycles. The smallest absolute Gasteiger partial charge is 0.410 e. The molecule has 79 heavy (non-hydrogen) atoms. The molecule has 9 rings (SSSR count). The van der Waals surface area contributed by atoms with Gasteiger partial charge in [0, 0.05) is 93.8 Å². The molecule has 20 heteroatoms. The third kappa shape index (κ3) is 20.3. The number of hydrogen-bond acceptors (Lipinski definition) is 12. The van der Waals surface area contributed by atoms with Gasteiger partial charge < -0.3 is 40.2 Å². The number of carboxylic acid groups (broad SMARTS) is 1. The fourth-order valence-corrected chi connectivity index (χ4v) is 8.61. The number of nitrogens with two attached hydrogens (primary N) is 1. The molecule has 2 unspecified atom stereocenters. The fourth-order valence-electron chi connectivity index (χ4n) is 8.11. The zero-order valence-corrected chi connectivity index (χ0v) is 47.6. The maximum Gasteiger partial charge on any atom is 0.410 e. The van der Waals surface area contributed by atoms with Crippen LogP contribution in [-0.4, -0.2) is 122 Å². The molecule has 2 atom stereocenters. The summed E-state index contributed by atoms with van der Waals surface area (Å²) >= 11 is 24.0. The average Bonchev–Trinajstić information content (AvgIpc) is 4.00. The zero-order valence-electron chi connectivity index (χ0n) is 44.6. The van der Waals surface area contributed by atoms with E-state index in [9.17, 15) is 19.2 Å². The molecule has 3 amide bonds. The van der Waals surface area contributed by atoms with Gasteiger partial charge in [-0.2, -0.15) is 0 Å². The van der Waals surface area contributed by atoms with Gasteiger partial charge in [0.25, 0.3) is 5.91 Å². The maximum atomic E-state index is 13.2. The number of aromatic carboxylic acids is 1. The standard InChI is InChI=1S/C27H28Cl2N4O3.C17H10Cl2N2O2.C10H20N2O2.C4H8O.CH4/c1-27(2,3)36-26(35)33-14-4-5-21(16-33)31-25(34)22-15-30-23(17-6-10-19(28)11-7-17)24(32-22)18-8-12-20(29)13-9-18;18-12-5-1-10(2-6-12)15-16(11-3-7-13(19)8-4-11)21-14(9-20-15)17(22)23;1-10(2,3)14-9(13)12-6-4-5-8(11)7-12;1-2-4-5-3-1;/h6-13,15,21H,4-5,14,16H2,1-3H3,(H,31,34);1-9H,(H,22,23);8H,4-7,11H2,1-3H3;1-4H2;1H4. The van der Waals surface area contributed by atoms with Gasteiger partial charge in [-0.25, -0.2) is 24.4 Å². The fraction of sp³-hybridized carbons (Fsp3) is 0.390. The van der Waals surface area contributed by atoms with Crippen molar-refractivity contribution < 1.29 is 38.5 Å². The molecule has 0 bridgehead atoms. The number of piperidine rings is 2. The van der Waals surface area contributed by atoms with Crippen LogP contribution in [0.3, 0.4) is 0 Å². The molecule has 6 aromatic rings. The van der Waals surface area contributed by atoms with Crippen molar-refractivity contribution in [2.24, 2.45) is 5.73 Å². The second-order valence-corrected chi connectivity index (χ2v) is 22.4. The van der Waals surface area contributed by atoms with E-state index in [0.717, 1.165) is 67.7 Å². The monoisotopic (exact) mass is 1160 g/mol. The van der Waals surface area contributed by atoms with Crippen molar-refractivity contribution in [3.8, 4) is 45.0 Å². The Morgan fingerprint density at radius 3 is 1.30 bits per heavy atom. The van der Waals surface area contributed by atoms with E-state index >= 15 is 0 Å². The number of benzene rings is 4. The number of hydrogen-bond donors (Lipinski definition) is 3. The number of likely N-dealkylation sites (tertiary alicyclic amines) is 2. The number of amides is 3. The lowest BCUT2D eigenvalue weighted by Gasteiger charge is -2.34. The minimum atomic E-state index is -1.13. The highest BCUT2D eigenvalue weighted by molar-refractivity contribution is 6.31. The van der Waals surface area contributed by atoms with Gasteiger partial charge in [0.05, 0.1) is 35.2 Å². The van der Waals surface area contributed by atoms with Crippen LogP contribution in [-0.2, 0) is 14.2 Å². The van der Waals surface area contributed by atoms with Crippen molar-refractivity contribution in [3.05, 3.63) is 141 Å². The minimum absolute atomic E-state index is 0. The summed E-state index contributed by atoms with van der Waals surface area (Å²) < 4.78 is 15.7. The summed E-state index contributed by atoms with van der Waals surface area (Å²) in [5.74, 6) is -1.48. The largest absolute Gasteiger partial charge is 0.476 e. The molecule has 4 aromatic carbocycles. The lowest BCUT2D eigenvalue weighted by atomic mass is 10.0. The van der Waals surface area contributed by atoms with Crippen LogP contribution in [0.4, 0.5) is 9.59 Å². The van der Waals surface area contributed by atoms with Crippen molar-refractivity contribution in [3.63, 3.8) is 0 Å². The van der Waals surface area contributed by atoms with Gasteiger partial charge in [-0.3, -0.25) is 14.8 Å². The number of carbonyl (C=O) groups excluding carboxylic acids is 3. The van der Waals surface area contributed by atoms with Crippen molar-refractivity contribution in [1.82, 2.24) is 35.1 Å². The van der Waals surface area contributed by atoms with Crippen molar-refractivity contribution in [2.45, 2.75) is 111 Å². The first-order valence-corrected chi connectivity index (χ1v) is 27.1. The van der Waals surface area contributed by atoms with Crippen molar-refractivity contribution in [1.29, 1.82) is 0 Å². The van der Waals surface area contributed by atoms with Crippen LogP contribution in [0.25, 0.3) is 45.0 Å². The predicted octanol–water partition coefficient (Wildman–Crippen LogP) is 13.8. The van der Waals surface area contributed by atoms with Crippen molar-refractivity contribution in [2.75, 3.05) is 39.4 Å². The molecule has 16 nitrogen and oxygen atoms in total. The Balaban J connectivity index is 0.000000226. The van der Waals surface area contributed by atoms with E-state index < -0.39 is 17.2 Å². The summed E-state index contributed by atoms with van der Waals surface area (Å²) in [6.07, 6.45) is 8.14. The van der Waals surface area contributed by atoms with Crippen LogP contribution >= 0.6 is 46.4 Å². The molecule has 3 aliphatic heterocycles. The third-order valence-electron chi connectivity index (χ3n) is 11.8. The third-order valence-corrected chi connectivity index (χ3v) is 12.8. The Hall–Kier alpha value is -6.40. The van der Waals surface area contributed by atoms with E-state index in [1.165, 1.54) is 25.2 Å². The Bertz CT molecular complexity index is 2950. The molecular weight excluding hydrogens is 1090 g/mol. The van der Waals surface area contributed by atoms with Crippen LogP contribution in [0.15, 0.2) is 109 Å². The molecule has 0 radical (unpaired) electrons. The van der Waals surface area contributed by atoms with Crippen molar-refractivity contribution >= 4 is 70.5 Å². The van der Waals surface area contributed by atoms with E-state index in [0.29, 0.717) is 62.5 Å². The van der Waals surface area contributed by atoms with Gasteiger partial charge in [-0.15, -0.1) is 0 Å². The van der Waals surface area contributed by atoms with Crippen LogP contribution in [0.1, 0.15) is 108 Å². The Kier molecular flexibility index (Phi) is 23.9. The highest BCUT2D eigenvalue weighted by atomic mass is 35.5. The minimum Gasteiger partial charge on any atom is -0.476 e. The summed E-state index contributed by atoms with van der Waals surface area (Å²) in [4.78, 5) is 69.6. The molecular formula is C59H70Cl4N8O8. The molecule has 0 spiro atoms. The van der Waals surface area contributed by atoms with Gasteiger partial charge in [0.2, 0.25) is 0 Å². The Morgan fingerprint density at radius 2 is 0.937 bits per heavy atom. The van der Waals surface area contributed by atoms with E-state index in [2.05, 4.69) is 25.3 Å². The molecule has 0 aliphatic carbocycles. The number of rotatable bonds is 7. The van der Waals surface area contributed by atoms with Gasteiger partial charge in [-0.05, 0) is 129 Å². The number of carbonyl (C=O) groups is 4. The van der Waals surface area contributed by atoms with Crippen LogP contribution in [0.2, 0.25) is 20.1 Å². The number of carboxylic acids is 1. The SMILES string of the molecule is C.C1CCOC1.CC(C)(C)OC(=O)N1CCCC(N)C1.CC(C)(C)OC(=O)N1CCCC(NC(=O)c2cnc(-c3ccc(Cl)cc3)c(-c3ccc(Cl)cc3)n2)C1.O=C(O)c1cnc(-c2ccc(Cl)cc2)c(-c2ccc(Cl)cc2)n1. The maximum absolute atomic E-state index is 13.2. The number of aromatic nitrogens is 4. The molecule has 3 fully saturated rings. The molecule has 422 valence electrons. The van der Waals surface area contributed by atoms with E-state index in [1.54, 1.807) is 70.5 Å². The average molecular weight is 1160 g/mol. The molecule has 2 aromatic heterocycles. The molecule has 3 saturated heterocycles. The van der Waals surface area contributed by atoms with Crippen LogP contribution in [0, 0.1) is 0 Å². The molecule has 3 aliphatic rings. The highest BCUT2D eigenvalue weighted by Gasteiger charge is 2.30. The summed E-state index contributed by atoms with van der Waals surface area (Å²) in [7, 11) is 0. The summed E-state index contributed by atoms with van der Waals surface area (Å²) in [6.45, 7) is 15.5. The lowest BCUT2D eigenvalue weighted by molar-refractivity contribution is 0.0181. The first-order chi connectivity index (χ1) is 37.0. The number of nitrogens with zero attached hydrogens (tertiary/aromatic N) is 6. The number of nitrogens with one attached hydrogen (secondary N) is 1. The van der Waals surface area contributed by atoms with Crippen LogP contribution in [0.5, 0.6) is 0 Å². The molecule has 0 saturated carbocycles.